The Bertz CT molecular complexity index is 1500. The van der Waals surface area contributed by atoms with Gasteiger partial charge in [-0.15, -0.1) is 0 Å². The van der Waals surface area contributed by atoms with Crippen molar-refractivity contribution in [3.63, 3.8) is 0 Å². The number of rotatable bonds is 8. The number of aryl methyl sites for hydroxylation is 1. The van der Waals surface area contributed by atoms with Gasteiger partial charge in [-0.3, -0.25) is 9.88 Å². The molecule has 6 nitrogen and oxygen atoms in total. The number of benzene rings is 3. The van der Waals surface area contributed by atoms with E-state index in [1.165, 1.54) is 16.3 Å². The van der Waals surface area contributed by atoms with Crippen LogP contribution in [-0.2, 0) is 6.42 Å². The number of aromatic nitrogens is 2. The topological polar surface area (TPSA) is 53.6 Å². The lowest BCUT2D eigenvalue weighted by atomic mass is 10.1. The Hall–Kier alpha value is -4.03. The van der Waals surface area contributed by atoms with E-state index in [4.69, 9.17) is 14.5 Å². The summed E-state index contributed by atoms with van der Waals surface area (Å²) in [7, 11) is 1.67. The first kappa shape index (κ1) is 23.4. The molecule has 0 atom stereocenters. The normalized spacial score (nSPS) is 14.4. The van der Waals surface area contributed by atoms with Crippen LogP contribution in [0.25, 0.3) is 21.8 Å². The van der Waals surface area contributed by atoms with Crippen molar-refractivity contribution in [2.45, 2.75) is 12.8 Å². The largest absolute Gasteiger partial charge is 0.497 e. The zero-order valence-corrected chi connectivity index (χ0v) is 21.2. The maximum atomic E-state index is 6.26. The number of ether oxygens (including phenoxy) is 2. The summed E-state index contributed by atoms with van der Waals surface area (Å²) in [6.45, 7) is 5.17. The van der Waals surface area contributed by atoms with Crippen molar-refractivity contribution in [2.75, 3.05) is 44.7 Å². The lowest BCUT2D eigenvalue weighted by molar-refractivity contribution is 0.254. The van der Waals surface area contributed by atoms with Crippen LogP contribution in [0.15, 0.2) is 85.2 Å². The monoisotopic (exact) mass is 492 g/mol. The highest BCUT2D eigenvalue weighted by atomic mass is 16.5. The summed E-state index contributed by atoms with van der Waals surface area (Å²) in [5.74, 6) is 2.45. The molecule has 1 saturated heterocycles. The molecule has 3 aromatic carbocycles. The number of pyridine rings is 1. The van der Waals surface area contributed by atoms with Crippen LogP contribution >= 0.6 is 0 Å². The molecule has 0 spiro atoms. The molecule has 0 aliphatic carbocycles. The number of nitrogens with one attached hydrogen (secondary N) is 1. The molecule has 1 fully saturated rings. The number of H-pyrrole nitrogens is 1. The molecule has 6 rings (SSSR count). The maximum Gasteiger partial charge on any atom is 0.150 e. The van der Waals surface area contributed by atoms with Crippen LogP contribution in [0, 0.1) is 0 Å². The quantitative estimate of drug-likeness (QED) is 0.277. The van der Waals surface area contributed by atoms with Gasteiger partial charge in [0.05, 0.1) is 23.8 Å². The van der Waals surface area contributed by atoms with Crippen LogP contribution in [-0.4, -0.2) is 54.7 Å². The number of anilines is 1. The van der Waals surface area contributed by atoms with Crippen molar-refractivity contribution in [1.29, 1.82) is 0 Å². The minimum Gasteiger partial charge on any atom is -0.497 e. The smallest absolute Gasteiger partial charge is 0.150 e. The number of aromatic amines is 1. The molecule has 0 unspecified atom stereocenters. The summed E-state index contributed by atoms with van der Waals surface area (Å²) in [4.78, 5) is 13.1. The number of hydrogen-bond donors (Lipinski definition) is 1. The Morgan fingerprint density at radius 2 is 1.76 bits per heavy atom. The predicted octanol–water partition coefficient (Wildman–Crippen LogP) is 6.27. The molecular weight excluding hydrogens is 460 g/mol. The number of fused-ring (bicyclic) bond motifs is 3. The minimum absolute atomic E-state index is 0.783. The molecule has 0 radical (unpaired) electrons. The predicted molar refractivity (Wildman–Crippen MR) is 150 cm³/mol. The van der Waals surface area contributed by atoms with Crippen molar-refractivity contribution in [2.24, 2.45) is 0 Å². The molecule has 6 heteroatoms. The zero-order valence-electron chi connectivity index (χ0n) is 21.2. The van der Waals surface area contributed by atoms with Crippen LogP contribution in [0.4, 0.5) is 5.69 Å². The summed E-state index contributed by atoms with van der Waals surface area (Å²) in [6, 6.07) is 24.6. The Balaban J connectivity index is 1.05. The first-order valence-electron chi connectivity index (χ1n) is 13.0. The lowest BCUT2D eigenvalue weighted by Crippen LogP contribution is -2.46. The number of para-hydroxylation sites is 2. The summed E-state index contributed by atoms with van der Waals surface area (Å²) in [5.41, 5.74) is 4.69. The lowest BCUT2D eigenvalue weighted by Gasteiger charge is -2.36. The molecule has 1 aliphatic heterocycles. The van der Waals surface area contributed by atoms with Gasteiger partial charge in [0.1, 0.15) is 11.5 Å². The van der Waals surface area contributed by atoms with E-state index in [1.807, 2.05) is 48.7 Å². The van der Waals surface area contributed by atoms with Gasteiger partial charge in [0, 0.05) is 55.4 Å². The molecule has 3 heterocycles. The number of hydrogen-bond acceptors (Lipinski definition) is 5. The molecule has 188 valence electrons. The fourth-order valence-electron chi connectivity index (χ4n) is 5.29. The molecule has 0 bridgehead atoms. The Labute approximate surface area is 217 Å². The van der Waals surface area contributed by atoms with Crippen LogP contribution in [0.1, 0.15) is 12.0 Å². The van der Waals surface area contributed by atoms with Crippen LogP contribution in [0.5, 0.6) is 17.2 Å². The third-order valence-corrected chi connectivity index (χ3v) is 7.27. The summed E-state index contributed by atoms with van der Waals surface area (Å²) in [6.07, 6.45) is 6.21. The third-order valence-electron chi connectivity index (χ3n) is 7.27. The average molecular weight is 493 g/mol. The number of methoxy groups -OCH3 is 1. The highest BCUT2D eigenvalue weighted by Gasteiger charge is 2.20. The van der Waals surface area contributed by atoms with Crippen molar-refractivity contribution in [3.8, 4) is 17.2 Å². The standard InChI is InChI=1S/C31H32N4O2/c1-36-25-9-4-10-26(21-25)37-29-12-3-2-11-28(29)35-19-17-34(18-20-35)16-6-8-24-22-33-31-27(24)14-13-23-7-5-15-32-30(23)31/h2-5,7,9-15,21-22,32H,6,8,16-20H2,1H3. The van der Waals surface area contributed by atoms with Gasteiger partial charge in [-0.1, -0.05) is 36.4 Å². The molecule has 0 saturated carbocycles. The summed E-state index contributed by atoms with van der Waals surface area (Å²) >= 11 is 0. The number of nitrogens with zero attached hydrogens (tertiary/aromatic N) is 3. The molecule has 37 heavy (non-hydrogen) atoms. The van der Waals surface area contributed by atoms with E-state index in [2.05, 4.69) is 51.3 Å². The Morgan fingerprint density at radius 1 is 0.892 bits per heavy atom. The van der Waals surface area contributed by atoms with E-state index >= 15 is 0 Å². The second-order valence-electron chi connectivity index (χ2n) is 9.56. The minimum atomic E-state index is 0.783. The Kier molecular flexibility index (Phi) is 6.65. The average Bonchev–Trinajstić information content (AvgIpc) is 3.37. The fourth-order valence-corrected chi connectivity index (χ4v) is 5.29. The zero-order chi connectivity index (χ0) is 25.0. The van der Waals surface area contributed by atoms with E-state index in [0.717, 1.165) is 79.5 Å². The third kappa shape index (κ3) is 4.98. The van der Waals surface area contributed by atoms with E-state index < -0.39 is 0 Å². The van der Waals surface area contributed by atoms with E-state index in [9.17, 15) is 0 Å². The van der Waals surface area contributed by atoms with Gasteiger partial charge in [0.2, 0.25) is 0 Å². The van der Waals surface area contributed by atoms with Crippen LogP contribution < -0.4 is 14.4 Å². The molecule has 1 N–H and O–H groups in total. The second kappa shape index (κ2) is 10.5. The number of piperazine rings is 1. The SMILES string of the molecule is COc1cccc(Oc2ccccc2N2CCN(CCCc3cnc4c3ccc3ccc[nH]c34)CC2)c1. The van der Waals surface area contributed by atoms with Crippen molar-refractivity contribution >= 4 is 27.5 Å². The molecule has 0 amide bonds. The van der Waals surface area contributed by atoms with E-state index in [1.54, 1.807) is 7.11 Å². The summed E-state index contributed by atoms with van der Waals surface area (Å²) in [5, 5.41) is 2.47. The van der Waals surface area contributed by atoms with Crippen molar-refractivity contribution in [1.82, 2.24) is 14.9 Å². The molecule has 2 aromatic heterocycles. The molecule has 1 aliphatic rings. The van der Waals surface area contributed by atoms with Gasteiger partial charge in [-0.05, 0) is 55.3 Å². The van der Waals surface area contributed by atoms with E-state index in [0.29, 0.717) is 0 Å². The highest BCUT2D eigenvalue weighted by molar-refractivity contribution is 6.04. The van der Waals surface area contributed by atoms with Crippen LogP contribution in [0.3, 0.4) is 0 Å². The van der Waals surface area contributed by atoms with Crippen LogP contribution in [0.2, 0.25) is 0 Å². The molecule has 5 aromatic rings. The van der Waals surface area contributed by atoms with Crippen molar-refractivity contribution in [3.05, 3.63) is 90.8 Å². The molecular formula is C31H32N4O2. The van der Waals surface area contributed by atoms with Gasteiger partial charge in [-0.2, -0.15) is 0 Å². The van der Waals surface area contributed by atoms with Gasteiger partial charge in [0.15, 0.2) is 5.75 Å². The van der Waals surface area contributed by atoms with Crippen molar-refractivity contribution < 1.29 is 9.47 Å². The van der Waals surface area contributed by atoms with Gasteiger partial charge >= 0.3 is 0 Å². The fraction of sp³-hybridized carbons (Fsp3) is 0.258. The Morgan fingerprint density at radius 3 is 2.65 bits per heavy atom. The first-order valence-corrected chi connectivity index (χ1v) is 13.0. The first-order chi connectivity index (χ1) is 18.3. The van der Waals surface area contributed by atoms with Gasteiger partial charge in [0.25, 0.3) is 0 Å². The summed E-state index contributed by atoms with van der Waals surface area (Å²) < 4.78 is 11.6. The van der Waals surface area contributed by atoms with Gasteiger partial charge < -0.3 is 19.4 Å². The van der Waals surface area contributed by atoms with Gasteiger partial charge in [-0.25, -0.2) is 0 Å². The second-order valence-corrected chi connectivity index (χ2v) is 9.56. The maximum absolute atomic E-state index is 6.26. The highest BCUT2D eigenvalue weighted by Crippen LogP contribution is 2.34. The van der Waals surface area contributed by atoms with E-state index in [-0.39, 0.29) is 0 Å².